The number of amidine groups is 1. The summed E-state index contributed by atoms with van der Waals surface area (Å²) in [5, 5.41) is 0. The van der Waals surface area contributed by atoms with Gasteiger partial charge in [-0.05, 0) is 56.9 Å². The second-order valence-corrected chi connectivity index (χ2v) is 8.34. The molecule has 134 valence electrons. The van der Waals surface area contributed by atoms with Crippen molar-refractivity contribution in [2.45, 2.75) is 26.3 Å². The summed E-state index contributed by atoms with van der Waals surface area (Å²) in [5.74, 6) is 6.28. The number of rotatable bonds is 1. The molecule has 2 aliphatic rings. The SMILES string of the molecule is CC(C)(C)[N+]12C=CN=CC1=NC(c1ccc(C#Cc3ncccc3F)s1)=C2. The zero-order valence-corrected chi connectivity index (χ0v) is 16.1. The number of hydrogen-bond donors (Lipinski definition) is 0. The van der Waals surface area contributed by atoms with Crippen LogP contribution >= 0.6 is 11.3 Å². The van der Waals surface area contributed by atoms with Gasteiger partial charge in [0.25, 0.3) is 5.84 Å². The second-order valence-electron chi connectivity index (χ2n) is 7.26. The van der Waals surface area contributed by atoms with E-state index in [4.69, 9.17) is 4.99 Å². The molecular weight excluding hydrogens is 359 g/mol. The van der Waals surface area contributed by atoms with Crippen LogP contribution in [-0.2, 0) is 0 Å². The smallest absolute Gasteiger partial charge is 0.251 e. The predicted molar refractivity (Wildman–Crippen MR) is 108 cm³/mol. The number of halogens is 1. The van der Waals surface area contributed by atoms with Crippen molar-refractivity contribution in [3.8, 4) is 11.8 Å². The maximum Gasteiger partial charge on any atom is 0.256 e. The molecule has 0 N–H and O–H groups in total. The van der Waals surface area contributed by atoms with Crippen LogP contribution in [0.2, 0.25) is 0 Å². The fourth-order valence-electron chi connectivity index (χ4n) is 3.01. The van der Waals surface area contributed by atoms with Gasteiger partial charge in [0.05, 0.1) is 16.0 Å². The lowest BCUT2D eigenvalue weighted by molar-refractivity contribution is -0.783. The molecule has 6 heteroatoms. The first-order chi connectivity index (χ1) is 12.9. The highest BCUT2D eigenvalue weighted by Gasteiger charge is 2.47. The quantitative estimate of drug-likeness (QED) is 0.530. The topological polar surface area (TPSA) is 37.6 Å². The lowest BCUT2D eigenvalue weighted by Gasteiger charge is -2.39. The van der Waals surface area contributed by atoms with Crippen molar-refractivity contribution in [2.75, 3.05) is 0 Å². The van der Waals surface area contributed by atoms with Gasteiger partial charge in [-0.3, -0.25) is 4.99 Å². The summed E-state index contributed by atoms with van der Waals surface area (Å²) >= 11 is 1.53. The molecule has 4 nitrogen and oxygen atoms in total. The lowest BCUT2D eigenvalue weighted by Crippen LogP contribution is -2.56. The van der Waals surface area contributed by atoms with E-state index in [1.54, 1.807) is 6.07 Å². The van der Waals surface area contributed by atoms with Crippen molar-refractivity contribution in [3.63, 3.8) is 0 Å². The van der Waals surface area contributed by atoms with E-state index in [2.05, 4.69) is 55.0 Å². The maximum absolute atomic E-state index is 13.7. The highest BCUT2D eigenvalue weighted by Crippen LogP contribution is 2.39. The van der Waals surface area contributed by atoms with Gasteiger partial charge in [0, 0.05) is 6.20 Å². The summed E-state index contributed by atoms with van der Waals surface area (Å²) in [5.41, 5.74) is 0.975. The minimum Gasteiger partial charge on any atom is -0.251 e. The van der Waals surface area contributed by atoms with Crippen LogP contribution in [0.3, 0.4) is 0 Å². The molecule has 4 rings (SSSR count). The van der Waals surface area contributed by atoms with Gasteiger partial charge in [-0.15, -0.1) is 11.3 Å². The monoisotopic (exact) mass is 377 g/mol. The van der Waals surface area contributed by atoms with Crippen molar-refractivity contribution in [2.24, 2.45) is 9.98 Å². The number of thiophene rings is 1. The van der Waals surface area contributed by atoms with E-state index in [0.717, 1.165) is 21.3 Å². The molecule has 2 aromatic heterocycles. The van der Waals surface area contributed by atoms with Crippen LogP contribution in [0, 0.1) is 17.7 Å². The van der Waals surface area contributed by atoms with Crippen LogP contribution in [0.1, 0.15) is 36.2 Å². The molecule has 1 unspecified atom stereocenters. The summed E-state index contributed by atoms with van der Waals surface area (Å²) in [6.07, 6.45) is 9.37. The average molecular weight is 377 g/mol. The minimum absolute atomic E-state index is 0.0834. The van der Waals surface area contributed by atoms with Crippen LogP contribution in [0.5, 0.6) is 0 Å². The Kier molecular flexibility index (Phi) is 4.14. The van der Waals surface area contributed by atoms with Crippen LogP contribution in [0.15, 0.2) is 59.0 Å². The molecule has 0 amide bonds. The zero-order chi connectivity index (χ0) is 19.1. The van der Waals surface area contributed by atoms with Gasteiger partial charge in [-0.25, -0.2) is 13.9 Å². The molecule has 0 aliphatic carbocycles. The molecule has 0 aromatic carbocycles. The standard InChI is InChI=1S/C21H18FN4S/c1-21(2,3)26-12-11-23-13-20(26)25-18(14-26)19-9-7-15(27-19)6-8-17-16(22)5-4-10-24-17/h4-5,7,9-14H,1-3H3/q+1. The number of pyridine rings is 1. The van der Waals surface area contributed by atoms with E-state index >= 15 is 0 Å². The van der Waals surface area contributed by atoms with Gasteiger partial charge in [-0.1, -0.05) is 0 Å². The molecule has 0 spiro atoms. The van der Waals surface area contributed by atoms with E-state index in [1.807, 2.05) is 24.5 Å². The zero-order valence-electron chi connectivity index (χ0n) is 15.3. The van der Waals surface area contributed by atoms with Gasteiger partial charge in [0.1, 0.15) is 35.5 Å². The Morgan fingerprint density at radius 3 is 2.74 bits per heavy atom. The van der Waals surface area contributed by atoms with Crippen molar-refractivity contribution in [1.82, 2.24) is 4.98 Å². The Bertz CT molecular complexity index is 1090. The van der Waals surface area contributed by atoms with E-state index in [-0.39, 0.29) is 11.2 Å². The van der Waals surface area contributed by atoms with Crippen LogP contribution < -0.4 is 0 Å². The first kappa shape index (κ1) is 17.5. The molecule has 4 heterocycles. The lowest BCUT2D eigenvalue weighted by atomic mass is 10.0. The normalized spacial score (nSPS) is 20.6. The minimum atomic E-state index is -0.411. The fraction of sp³-hybridized carbons (Fsp3) is 0.190. The summed E-state index contributed by atoms with van der Waals surface area (Å²) in [6.45, 7) is 6.54. The molecule has 0 fully saturated rings. The third-order valence-electron chi connectivity index (χ3n) is 4.55. The maximum atomic E-state index is 13.7. The Balaban J connectivity index is 1.67. The molecule has 0 saturated heterocycles. The van der Waals surface area contributed by atoms with Crippen molar-refractivity contribution in [1.29, 1.82) is 0 Å². The van der Waals surface area contributed by atoms with E-state index in [1.165, 1.54) is 23.6 Å². The van der Waals surface area contributed by atoms with Crippen LogP contribution in [-0.4, -0.2) is 27.1 Å². The second kappa shape index (κ2) is 6.38. The molecule has 2 aliphatic heterocycles. The largest absolute Gasteiger partial charge is 0.256 e. The summed E-state index contributed by atoms with van der Waals surface area (Å²) in [4.78, 5) is 14.9. The van der Waals surface area contributed by atoms with Crippen LogP contribution in [0.4, 0.5) is 4.39 Å². The first-order valence-electron chi connectivity index (χ1n) is 8.53. The fourth-order valence-corrected chi connectivity index (χ4v) is 3.83. The molecule has 2 aromatic rings. The Hall–Kier alpha value is -2.88. The number of aromatic nitrogens is 1. The van der Waals surface area contributed by atoms with Gasteiger partial charge in [0.2, 0.25) is 0 Å². The number of fused-ring (bicyclic) bond motifs is 1. The molecule has 1 atom stereocenters. The Morgan fingerprint density at radius 2 is 2.00 bits per heavy atom. The van der Waals surface area contributed by atoms with Gasteiger partial charge < -0.3 is 0 Å². The van der Waals surface area contributed by atoms with Gasteiger partial charge >= 0.3 is 0 Å². The average Bonchev–Trinajstić information content (AvgIpc) is 3.25. The third-order valence-corrected chi connectivity index (χ3v) is 5.57. The number of nitrogens with zero attached hydrogens (tertiary/aromatic N) is 4. The predicted octanol–water partition coefficient (Wildman–Crippen LogP) is 4.56. The Morgan fingerprint density at radius 1 is 1.15 bits per heavy atom. The van der Waals surface area contributed by atoms with Gasteiger partial charge in [-0.2, -0.15) is 4.99 Å². The number of aliphatic imine (C=N–C) groups is 2. The molecule has 0 bridgehead atoms. The van der Waals surface area contributed by atoms with E-state index in [0.29, 0.717) is 4.48 Å². The third kappa shape index (κ3) is 3.05. The summed E-state index contributed by atoms with van der Waals surface area (Å²) in [6, 6.07) is 6.84. The van der Waals surface area contributed by atoms with E-state index in [9.17, 15) is 4.39 Å². The summed E-state index contributed by atoms with van der Waals surface area (Å²) in [7, 11) is 0. The highest BCUT2D eigenvalue weighted by molar-refractivity contribution is 7.13. The summed E-state index contributed by atoms with van der Waals surface area (Å²) < 4.78 is 14.2. The van der Waals surface area contributed by atoms with Crippen molar-refractivity contribution in [3.05, 3.63) is 70.3 Å². The van der Waals surface area contributed by atoms with Crippen molar-refractivity contribution >= 4 is 29.1 Å². The molecule has 0 radical (unpaired) electrons. The number of quaternary nitrogens is 1. The van der Waals surface area contributed by atoms with Crippen LogP contribution in [0.25, 0.3) is 5.70 Å². The Labute approximate surface area is 161 Å². The van der Waals surface area contributed by atoms with Gasteiger partial charge in [0.15, 0.2) is 5.82 Å². The molecule has 0 saturated carbocycles. The molecular formula is C21H18FN4S+. The van der Waals surface area contributed by atoms with Crippen molar-refractivity contribution < 1.29 is 8.87 Å². The molecule has 27 heavy (non-hydrogen) atoms. The highest BCUT2D eigenvalue weighted by atomic mass is 32.1. The number of hydrogen-bond acceptors (Lipinski definition) is 4. The van der Waals surface area contributed by atoms with E-state index < -0.39 is 5.82 Å². The first-order valence-corrected chi connectivity index (χ1v) is 9.35.